The lowest BCUT2D eigenvalue weighted by Crippen LogP contribution is -2.43. The minimum atomic E-state index is -0.894. The van der Waals surface area contributed by atoms with Crippen LogP contribution in [0, 0.1) is 0 Å². The Balaban J connectivity index is 1.57. The lowest BCUT2D eigenvalue weighted by atomic mass is 9.95. The molecule has 1 amide bonds. The molecular weight excluding hydrogens is 642 g/mol. The summed E-state index contributed by atoms with van der Waals surface area (Å²) in [6, 6.07) is 7.76. The summed E-state index contributed by atoms with van der Waals surface area (Å²) in [5, 5.41) is 0. The van der Waals surface area contributed by atoms with E-state index in [2.05, 4.69) is 4.99 Å². The fraction of sp³-hybridized carbons (Fsp3) is 0.412. The molecule has 0 unspecified atom stereocenters. The van der Waals surface area contributed by atoms with Gasteiger partial charge in [-0.2, -0.15) is 0 Å². The van der Waals surface area contributed by atoms with Gasteiger partial charge in [0, 0.05) is 13.1 Å². The molecule has 5 rings (SSSR count). The first kappa shape index (κ1) is 34.5. The van der Waals surface area contributed by atoms with Gasteiger partial charge in [-0.1, -0.05) is 17.4 Å². The number of fused-ring (bicyclic) bond motifs is 1. The van der Waals surface area contributed by atoms with Crippen LogP contribution in [0.2, 0.25) is 0 Å². The summed E-state index contributed by atoms with van der Waals surface area (Å²) in [5.74, 6) is 1.23. The average Bonchev–Trinajstić information content (AvgIpc) is 3.40. The van der Waals surface area contributed by atoms with Crippen molar-refractivity contribution in [1.29, 1.82) is 0 Å². The van der Waals surface area contributed by atoms with Crippen molar-refractivity contribution >= 4 is 29.3 Å². The maximum atomic E-state index is 14.2. The van der Waals surface area contributed by atoms with Crippen molar-refractivity contribution in [3.8, 4) is 28.7 Å². The van der Waals surface area contributed by atoms with Gasteiger partial charge in [-0.05, 0) is 62.2 Å². The lowest BCUT2D eigenvalue weighted by molar-refractivity contribution is -0.139. The molecule has 0 N–H and O–H groups in total. The Labute approximate surface area is 281 Å². The molecule has 0 aliphatic carbocycles. The van der Waals surface area contributed by atoms with Crippen LogP contribution in [0.4, 0.5) is 0 Å². The number of morpholine rings is 1. The van der Waals surface area contributed by atoms with Gasteiger partial charge in [0.1, 0.15) is 0 Å². The number of benzene rings is 2. The van der Waals surface area contributed by atoms with E-state index in [0.29, 0.717) is 87.8 Å². The van der Waals surface area contributed by atoms with E-state index in [1.165, 1.54) is 37.2 Å². The summed E-state index contributed by atoms with van der Waals surface area (Å²) in [5.41, 5.74) is 1.49. The zero-order valence-electron chi connectivity index (χ0n) is 27.8. The Hall–Kier alpha value is -4.82. The van der Waals surface area contributed by atoms with Crippen molar-refractivity contribution in [3.63, 3.8) is 0 Å². The van der Waals surface area contributed by atoms with Gasteiger partial charge >= 0.3 is 5.97 Å². The van der Waals surface area contributed by atoms with Crippen LogP contribution in [0.1, 0.15) is 37.9 Å². The second-order valence-corrected chi connectivity index (χ2v) is 11.7. The predicted molar refractivity (Wildman–Crippen MR) is 177 cm³/mol. The highest BCUT2D eigenvalue weighted by molar-refractivity contribution is 7.07. The number of ether oxygens (including phenoxy) is 7. The van der Waals surface area contributed by atoms with Crippen molar-refractivity contribution in [2.75, 3.05) is 67.5 Å². The van der Waals surface area contributed by atoms with E-state index in [0.717, 1.165) is 0 Å². The Morgan fingerprint density at radius 3 is 2.29 bits per heavy atom. The Kier molecular flexibility index (Phi) is 11.1. The number of rotatable bonds is 12. The third-order valence-corrected chi connectivity index (χ3v) is 8.78. The number of aromatic nitrogens is 1. The minimum Gasteiger partial charge on any atom is -0.493 e. The Morgan fingerprint density at radius 2 is 1.67 bits per heavy atom. The minimum absolute atomic E-state index is 0.134. The summed E-state index contributed by atoms with van der Waals surface area (Å²) in [4.78, 5) is 46.9. The zero-order chi connectivity index (χ0) is 34.4. The quantitative estimate of drug-likeness (QED) is 0.262. The molecule has 0 saturated carbocycles. The molecule has 1 fully saturated rings. The van der Waals surface area contributed by atoms with E-state index >= 15 is 0 Å². The highest BCUT2D eigenvalue weighted by atomic mass is 32.1. The van der Waals surface area contributed by atoms with Crippen LogP contribution in [0.3, 0.4) is 0 Å². The molecule has 0 radical (unpaired) electrons. The van der Waals surface area contributed by atoms with Gasteiger partial charge in [0.2, 0.25) is 5.75 Å². The monoisotopic (exact) mass is 681 g/mol. The standard InChI is InChI=1S/C34H39N3O10S/c1-7-45-24-15-21(9-10-23(24)47-19-28(38)36-11-13-44-14-12-36)16-27-32(39)37-30(22-17-25(41-4)31(43-6)26(18-22)42-5)29(33(40)46-8-2)20(3)35-34(37)48-27/h9-10,15-18,30H,7-8,11-14,19H2,1-6H3/b27-16+/t30-/m0/s1. The fourth-order valence-electron chi connectivity index (χ4n) is 5.56. The van der Waals surface area contributed by atoms with E-state index in [9.17, 15) is 14.4 Å². The molecule has 13 nitrogen and oxygen atoms in total. The molecule has 0 spiro atoms. The number of hydrogen-bond donors (Lipinski definition) is 0. The zero-order valence-corrected chi connectivity index (χ0v) is 28.6. The fourth-order valence-corrected chi connectivity index (χ4v) is 6.61. The van der Waals surface area contributed by atoms with E-state index < -0.39 is 12.0 Å². The number of esters is 1. The van der Waals surface area contributed by atoms with Crippen LogP contribution in [-0.2, 0) is 19.1 Å². The number of carbonyl (C=O) groups is 2. The Morgan fingerprint density at radius 1 is 0.958 bits per heavy atom. The second-order valence-electron chi connectivity index (χ2n) is 10.7. The van der Waals surface area contributed by atoms with Gasteiger partial charge in [0.15, 0.2) is 34.4 Å². The van der Waals surface area contributed by atoms with Gasteiger partial charge in [-0.25, -0.2) is 9.79 Å². The number of nitrogens with zero attached hydrogens (tertiary/aromatic N) is 3. The van der Waals surface area contributed by atoms with Gasteiger partial charge in [-0.3, -0.25) is 14.2 Å². The van der Waals surface area contributed by atoms with Gasteiger partial charge in [0.25, 0.3) is 11.5 Å². The van der Waals surface area contributed by atoms with Crippen molar-refractivity contribution in [1.82, 2.24) is 9.47 Å². The third-order valence-electron chi connectivity index (χ3n) is 7.80. The number of methoxy groups -OCH3 is 3. The van der Waals surface area contributed by atoms with Crippen LogP contribution < -0.4 is 38.6 Å². The van der Waals surface area contributed by atoms with Crippen molar-refractivity contribution < 1.29 is 42.7 Å². The molecule has 48 heavy (non-hydrogen) atoms. The molecule has 256 valence electrons. The van der Waals surface area contributed by atoms with Gasteiger partial charge in [0.05, 0.1) is 69.6 Å². The van der Waals surface area contributed by atoms with Crippen LogP contribution in [0.15, 0.2) is 51.4 Å². The molecule has 2 aliphatic rings. The summed E-state index contributed by atoms with van der Waals surface area (Å²) in [6.07, 6.45) is 1.73. The molecule has 1 aromatic heterocycles. The van der Waals surface area contributed by atoms with Crippen molar-refractivity contribution in [2.24, 2.45) is 4.99 Å². The van der Waals surface area contributed by atoms with E-state index in [1.54, 1.807) is 55.2 Å². The first-order valence-electron chi connectivity index (χ1n) is 15.5. The van der Waals surface area contributed by atoms with Gasteiger partial charge < -0.3 is 38.1 Å². The SMILES string of the molecule is CCOC(=O)C1=C(C)N=c2s/c(=C/c3ccc(OCC(=O)N4CCOCC4)c(OCC)c3)c(=O)n2[C@H]1c1cc(OC)c(OC)c(OC)c1. The first-order valence-corrected chi connectivity index (χ1v) is 16.3. The maximum absolute atomic E-state index is 14.2. The number of thiazole rings is 1. The molecule has 3 aromatic rings. The van der Waals surface area contributed by atoms with Crippen LogP contribution in [0.25, 0.3) is 6.08 Å². The van der Waals surface area contributed by atoms with E-state index in [4.69, 9.17) is 33.2 Å². The molecular formula is C34H39N3O10S. The highest BCUT2D eigenvalue weighted by Crippen LogP contribution is 2.42. The lowest BCUT2D eigenvalue weighted by Gasteiger charge is -2.26. The largest absolute Gasteiger partial charge is 0.493 e. The number of carbonyl (C=O) groups excluding carboxylic acids is 2. The smallest absolute Gasteiger partial charge is 0.338 e. The third kappa shape index (κ3) is 7.04. The predicted octanol–water partition coefficient (Wildman–Crippen LogP) is 2.46. The number of amides is 1. The summed E-state index contributed by atoms with van der Waals surface area (Å²) >= 11 is 1.19. The molecule has 0 bridgehead atoms. The number of hydrogen-bond acceptors (Lipinski definition) is 12. The molecule has 2 aliphatic heterocycles. The normalized spacial score (nSPS) is 16.2. The van der Waals surface area contributed by atoms with Crippen LogP contribution in [0.5, 0.6) is 28.7 Å². The molecule has 2 aromatic carbocycles. The Bertz CT molecular complexity index is 1870. The maximum Gasteiger partial charge on any atom is 0.338 e. The molecule has 3 heterocycles. The highest BCUT2D eigenvalue weighted by Gasteiger charge is 2.35. The topological polar surface area (TPSA) is 136 Å². The first-order chi connectivity index (χ1) is 23.2. The number of allylic oxidation sites excluding steroid dienone is 1. The summed E-state index contributed by atoms with van der Waals surface area (Å²) < 4.78 is 41.0. The summed E-state index contributed by atoms with van der Waals surface area (Å²) in [7, 11) is 4.49. The van der Waals surface area contributed by atoms with Crippen LogP contribution in [-0.4, -0.2) is 88.8 Å². The van der Waals surface area contributed by atoms with E-state index in [1.807, 2.05) is 6.92 Å². The molecule has 1 saturated heterocycles. The van der Waals surface area contributed by atoms with Gasteiger partial charge in [-0.15, -0.1) is 0 Å². The second kappa shape index (κ2) is 15.4. The average molecular weight is 682 g/mol. The molecule has 1 atom stereocenters. The molecule has 14 heteroatoms. The summed E-state index contributed by atoms with van der Waals surface area (Å²) in [6.45, 7) is 7.70. The van der Waals surface area contributed by atoms with Crippen molar-refractivity contribution in [2.45, 2.75) is 26.8 Å². The van der Waals surface area contributed by atoms with Crippen molar-refractivity contribution in [3.05, 3.63) is 72.4 Å². The van der Waals surface area contributed by atoms with E-state index in [-0.39, 0.29) is 30.3 Å². The van der Waals surface area contributed by atoms with Crippen LogP contribution >= 0.6 is 11.3 Å².